The molecule has 0 aliphatic carbocycles. The van der Waals surface area contributed by atoms with E-state index < -0.39 is 10.0 Å². The Labute approximate surface area is 129 Å². The van der Waals surface area contributed by atoms with Crippen LogP contribution < -0.4 is 4.72 Å². The first-order valence-corrected chi connectivity index (χ1v) is 8.90. The lowest BCUT2D eigenvalue weighted by Crippen LogP contribution is -2.24. The number of sulfonamides is 1. The summed E-state index contributed by atoms with van der Waals surface area (Å²) in [4.78, 5) is 2.41. The third-order valence-electron chi connectivity index (χ3n) is 3.51. The van der Waals surface area contributed by atoms with E-state index in [9.17, 15) is 13.5 Å². The van der Waals surface area contributed by atoms with Gasteiger partial charge >= 0.3 is 0 Å². The van der Waals surface area contributed by atoms with Gasteiger partial charge in [0.15, 0.2) is 0 Å². The van der Waals surface area contributed by atoms with E-state index in [0.29, 0.717) is 11.1 Å². The first kappa shape index (κ1) is 16.2. The quantitative estimate of drug-likeness (QED) is 0.888. The van der Waals surface area contributed by atoms with Crippen LogP contribution in [0.15, 0.2) is 29.2 Å². The number of nitrogens with one attached hydrogen (secondary N) is 1. The number of rotatable bonds is 5. The predicted molar refractivity (Wildman–Crippen MR) is 84.9 cm³/mol. The van der Waals surface area contributed by atoms with Gasteiger partial charge in [0.25, 0.3) is 0 Å². The Morgan fingerprint density at radius 1 is 1.24 bits per heavy atom. The van der Waals surface area contributed by atoms with Gasteiger partial charge in [-0.3, -0.25) is 0 Å². The maximum atomic E-state index is 12.4. The molecule has 2 N–H and O–H groups in total. The zero-order valence-corrected chi connectivity index (χ0v) is 13.9. The molecule has 114 valence electrons. The monoisotopic (exact) mass is 325 g/mol. The summed E-state index contributed by atoms with van der Waals surface area (Å²) in [5.74, 6) is 0. The smallest absolute Gasteiger partial charge is 0.241 e. The van der Waals surface area contributed by atoms with Gasteiger partial charge in [0, 0.05) is 16.3 Å². The molecule has 0 unspecified atom stereocenters. The summed E-state index contributed by atoms with van der Waals surface area (Å²) in [5, 5.41) is 9.24. The van der Waals surface area contributed by atoms with E-state index >= 15 is 0 Å². The summed E-state index contributed by atoms with van der Waals surface area (Å²) in [7, 11) is -3.58. The van der Waals surface area contributed by atoms with Gasteiger partial charge in [0.2, 0.25) is 10.0 Å². The van der Waals surface area contributed by atoms with Gasteiger partial charge in [-0.25, -0.2) is 13.1 Å². The minimum atomic E-state index is -3.58. The number of hydrogen-bond donors (Lipinski definition) is 2. The highest BCUT2D eigenvalue weighted by atomic mass is 32.2. The van der Waals surface area contributed by atoms with Crippen LogP contribution >= 0.6 is 11.3 Å². The van der Waals surface area contributed by atoms with E-state index in [4.69, 9.17) is 0 Å². The third kappa shape index (κ3) is 3.52. The van der Waals surface area contributed by atoms with Crippen LogP contribution in [0.3, 0.4) is 0 Å². The van der Waals surface area contributed by atoms with E-state index in [1.807, 2.05) is 19.9 Å². The van der Waals surface area contributed by atoms with E-state index in [1.54, 1.807) is 36.5 Å². The van der Waals surface area contributed by atoms with Gasteiger partial charge in [0.1, 0.15) is 0 Å². The molecule has 0 amide bonds. The summed E-state index contributed by atoms with van der Waals surface area (Å²) >= 11 is 1.60. The molecular formula is C15H19NO3S2. The summed E-state index contributed by atoms with van der Waals surface area (Å²) in [6, 6.07) is 6.92. The lowest BCUT2D eigenvalue weighted by Gasteiger charge is -2.11. The minimum Gasteiger partial charge on any atom is -0.392 e. The Hall–Kier alpha value is -1.21. The highest BCUT2D eigenvalue weighted by molar-refractivity contribution is 7.89. The van der Waals surface area contributed by atoms with Crippen LogP contribution in [0.5, 0.6) is 0 Å². The Balaban J connectivity index is 2.23. The van der Waals surface area contributed by atoms with Crippen LogP contribution in [0.25, 0.3) is 0 Å². The van der Waals surface area contributed by atoms with E-state index in [0.717, 1.165) is 4.88 Å². The van der Waals surface area contributed by atoms with E-state index in [1.165, 1.54) is 10.4 Å². The van der Waals surface area contributed by atoms with E-state index in [2.05, 4.69) is 4.72 Å². The molecule has 0 aliphatic heterocycles. The molecular weight excluding hydrogens is 306 g/mol. The highest BCUT2D eigenvalue weighted by Gasteiger charge is 2.18. The molecule has 4 nitrogen and oxygen atoms in total. The number of thiophene rings is 1. The summed E-state index contributed by atoms with van der Waals surface area (Å²) in [6.07, 6.45) is 0. The molecule has 0 fully saturated rings. The fourth-order valence-electron chi connectivity index (χ4n) is 2.10. The molecule has 0 spiro atoms. The highest BCUT2D eigenvalue weighted by Crippen LogP contribution is 2.22. The second-order valence-electron chi connectivity index (χ2n) is 4.97. The molecule has 6 heteroatoms. The Morgan fingerprint density at radius 2 is 1.95 bits per heavy atom. The normalized spacial score (nSPS) is 11.8. The van der Waals surface area contributed by atoms with Crippen molar-refractivity contribution in [1.82, 2.24) is 4.72 Å². The van der Waals surface area contributed by atoms with Gasteiger partial charge in [-0.15, -0.1) is 11.3 Å². The molecule has 0 radical (unpaired) electrons. The van der Waals surface area contributed by atoms with Crippen molar-refractivity contribution in [2.24, 2.45) is 0 Å². The van der Waals surface area contributed by atoms with Crippen molar-refractivity contribution in [3.8, 4) is 0 Å². The van der Waals surface area contributed by atoms with Crippen LogP contribution in [0.4, 0.5) is 0 Å². The van der Waals surface area contributed by atoms with Crippen molar-refractivity contribution >= 4 is 21.4 Å². The zero-order valence-electron chi connectivity index (χ0n) is 12.3. The largest absolute Gasteiger partial charge is 0.392 e. The van der Waals surface area contributed by atoms with Crippen molar-refractivity contribution in [3.63, 3.8) is 0 Å². The average molecular weight is 325 g/mol. The van der Waals surface area contributed by atoms with Gasteiger partial charge < -0.3 is 5.11 Å². The SMILES string of the molecule is Cc1cc(CNS(=O)(=O)c2cccc(CO)c2C)sc1C. The van der Waals surface area contributed by atoms with Crippen LogP contribution in [0, 0.1) is 20.8 Å². The maximum Gasteiger partial charge on any atom is 0.241 e. The van der Waals surface area contributed by atoms with Crippen molar-refractivity contribution < 1.29 is 13.5 Å². The van der Waals surface area contributed by atoms with Crippen LogP contribution in [-0.4, -0.2) is 13.5 Å². The Kier molecular flexibility index (Phi) is 4.83. The number of benzene rings is 1. The number of aliphatic hydroxyl groups excluding tert-OH is 1. The van der Waals surface area contributed by atoms with Gasteiger partial charge in [-0.1, -0.05) is 12.1 Å². The van der Waals surface area contributed by atoms with Crippen molar-refractivity contribution in [3.05, 3.63) is 50.7 Å². The summed E-state index contributed by atoms with van der Waals surface area (Å²) in [6.45, 7) is 5.86. The fraction of sp³-hybridized carbons (Fsp3) is 0.333. The summed E-state index contributed by atoms with van der Waals surface area (Å²) in [5.41, 5.74) is 2.39. The third-order valence-corrected chi connectivity index (χ3v) is 6.21. The second kappa shape index (κ2) is 6.27. The zero-order chi connectivity index (χ0) is 15.6. The minimum absolute atomic E-state index is 0.168. The van der Waals surface area contributed by atoms with E-state index in [-0.39, 0.29) is 18.0 Å². The second-order valence-corrected chi connectivity index (χ2v) is 8.05. The lowest BCUT2D eigenvalue weighted by atomic mass is 10.1. The molecule has 21 heavy (non-hydrogen) atoms. The Morgan fingerprint density at radius 3 is 2.52 bits per heavy atom. The Bertz CT molecular complexity index is 729. The molecule has 0 bridgehead atoms. The molecule has 2 aromatic rings. The van der Waals surface area contributed by atoms with Crippen LogP contribution in [-0.2, 0) is 23.2 Å². The first-order valence-electron chi connectivity index (χ1n) is 6.60. The molecule has 2 rings (SSSR count). The molecule has 0 saturated carbocycles. The van der Waals surface area contributed by atoms with Gasteiger partial charge in [-0.05, 0) is 49.6 Å². The topological polar surface area (TPSA) is 66.4 Å². The maximum absolute atomic E-state index is 12.4. The molecule has 1 aromatic carbocycles. The average Bonchev–Trinajstić information content (AvgIpc) is 2.76. The molecule has 0 aliphatic rings. The number of aliphatic hydroxyl groups is 1. The lowest BCUT2D eigenvalue weighted by molar-refractivity contribution is 0.280. The first-order chi connectivity index (χ1) is 9.85. The molecule has 0 saturated heterocycles. The van der Waals surface area contributed by atoms with Crippen molar-refractivity contribution in [2.75, 3.05) is 0 Å². The standard InChI is InChI=1S/C15H19NO3S2/c1-10-7-14(20-12(10)3)8-16-21(18,19)15-6-4-5-13(9-17)11(15)2/h4-7,16-17H,8-9H2,1-3H3. The van der Waals surface area contributed by atoms with Gasteiger partial charge in [-0.2, -0.15) is 0 Å². The van der Waals surface area contributed by atoms with Crippen molar-refractivity contribution in [1.29, 1.82) is 0 Å². The van der Waals surface area contributed by atoms with Crippen molar-refractivity contribution in [2.45, 2.75) is 38.8 Å². The predicted octanol–water partition coefficient (Wildman–Crippen LogP) is 2.64. The van der Waals surface area contributed by atoms with Gasteiger partial charge in [0.05, 0.1) is 11.5 Å². The fourth-order valence-corrected chi connectivity index (χ4v) is 4.48. The molecule has 1 heterocycles. The number of aryl methyl sites for hydroxylation is 2. The van der Waals surface area contributed by atoms with Crippen LogP contribution in [0.2, 0.25) is 0 Å². The summed E-state index contributed by atoms with van der Waals surface area (Å²) < 4.78 is 27.4. The van der Waals surface area contributed by atoms with Crippen LogP contribution in [0.1, 0.15) is 26.4 Å². The molecule has 1 aromatic heterocycles. The number of hydrogen-bond acceptors (Lipinski definition) is 4. The molecule has 0 atom stereocenters.